The molecule has 0 heterocycles. The van der Waals surface area contributed by atoms with E-state index in [1.54, 1.807) is 30.3 Å². The van der Waals surface area contributed by atoms with E-state index in [0.717, 1.165) is 5.56 Å². The molecule has 2 aromatic rings. The van der Waals surface area contributed by atoms with E-state index < -0.39 is 6.10 Å². The highest BCUT2D eigenvalue weighted by molar-refractivity contribution is 6.35. The third kappa shape index (κ3) is 3.22. The Bertz CT molecular complexity index is 540. The number of hydrogen-bond acceptors (Lipinski definition) is 1. The van der Waals surface area contributed by atoms with E-state index in [2.05, 4.69) is 0 Å². The summed E-state index contributed by atoms with van der Waals surface area (Å²) in [5.41, 5.74) is 1.46. The van der Waals surface area contributed by atoms with Crippen molar-refractivity contribution in [2.75, 3.05) is 0 Å². The van der Waals surface area contributed by atoms with Gasteiger partial charge < -0.3 is 5.11 Å². The van der Waals surface area contributed by atoms with Crippen LogP contribution in [-0.2, 0) is 6.42 Å². The van der Waals surface area contributed by atoms with Crippen molar-refractivity contribution in [3.63, 3.8) is 0 Å². The summed E-state index contributed by atoms with van der Waals surface area (Å²) >= 11 is 11.8. The zero-order valence-corrected chi connectivity index (χ0v) is 10.9. The molecule has 1 N–H and O–H groups in total. The second-order valence-electron chi connectivity index (χ2n) is 4.01. The third-order valence-electron chi connectivity index (χ3n) is 2.68. The Morgan fingerprint density at radius 2 is 1.72 bits per heavy atom. The summed E-state index contributed by atoms with van der Waals surface area (Å²) < 4.78 is 12.8. The van der Waals surface area contributed by atoms with Gasteiger partial charge in [-0.05, 0) is 35.4 Å². The van der Waals surface area contributed by atoms with Gasteiger partial charge in [-0.1, -0.05) is 41.4 Å². The lowest BCUT2D eigenvalue weighted by molar-refractivity contribution is 0.178. The number of hydrogen-bond donors (Lipinski definition) is 1. The number of halogens is 3. The predicted molar refractivity (Wildman–Crippen MR) is 71.5 cm³/mol. The standard InChI is InChI=1S/C14H11Cl2FO/c15-11-4-1-10(13(16)8-11)7-14(18)9-2-5-12(17)6-3-9/h1-6,8,14,18H,7H2. The molecule has 0 aliphatic carbocycles. The van der Waals surface area contributed by atoms with Crippen LogP contribution in [0, 0.1) is 5.82 Å². The molecule has 0 amide bonds. The van der Waals surface area contributed by atoms with Gasteiger partial charge in [-0.25, -0.2) is 4.39 Å². The summed E-state index contributed by atoms with van der Waals surface area (Å²) in [4.78, 5) is 0. The van der Waals surface area contributed by atoms with Gasteiger partial charge in [-0.3, -0.25) is 0 Å². The first-order valence-electron chi connectivity index (χ1n) is 5.44. The van der Waals surface area contributed by atoms with E-state index in [0.29, 0.717) is 22.0 Å². The summed E-state index contributed by atoms with van der Waals surface area (Å²) in [6.45, 7) is 0. The predicted octanol–water partition coefficient (Wildman–Crippen LogP) is 4.41. The minimum Gasteiger partial charge on any atom is -0.388 e. The number of rotatable bonds is 3. The zero-order chi connectivity index (χ0) is 13.1. The van der Waals surface area contributed by atoms with Gasteiger partial charge in [0.25, 0.3) is 0 Å². The topological polar surface area (TPSA) is 20.2 Å². The number of aliphatic hydroxyl groups excluding tert-OH is 1. The lowest BCUT2D eigenvalue weighted by atomic mass is 10.0. The largest absolute Gasteiger partial charge is 0.388 e. The smallest absolute Gasteiger partial charge is 0.123 e. The van der Waals surface area contributed by atoms with Gasteiger partial charge in [-0.2, -0.15) is 0 Å². The Balaban J connectivity index is 2.15. The van der Waals surface area contributed by atoms with Gasteiger partial charge >= 0.3 is 0 Å². The van der Waals surface area contributed by atoms with E-state index in [4.69, 9.17) is 23.2 Å². The summed E-state index contributed by atoms with van der Waals surface area (Å²) in [5.74, 6) is -0.324. The Morgan fingerprint density at radius 1 is 1.06 bits per heavy atom. The molecule has 0 aliphatic rings. The Labute approximate surface area is 115 Å². The normalized spacial score (nSPS) is 12.4. The van der Waals surface area contributed by atoms with Crippen molar-refractivity contribution >= 4 is 23.2 Å². The molecule has 0 aliphatic heterocycles. The van der Waals surface area contributed by atoms with Gasteiger partial charge in [-0.15, -0.1) is 0 Å². The van der Waals surface area contributed by atoms with Gasteiger partial charge in [0.15, 0.2) is 0 Å². The molecule has 2 rings (SSSR count). The van der Waals surface area contributed by atoms with Crippen molar-refractivity contribution in [3.05, 3.63) is 69.5 Å². The number of benzene rings is 2. The molecule has 0 saturated carbocycles. The minimum atomic E-state index is -0.718. The van der Waals surface area contributed by atoms with Crippen molar-refractivity contribution < 1.29 is 9.50 Å². The second-order valence-corrected chi connectivity index (χ2v) is 4.85. The van der Waals surface area contributed by atoms with Crippen LogP contribution in [0.4, 0.5) is 4.39 Å². The molecule has 0 radical (unpaired) electrons. The maximum atomic E-state index is 12.8. The molecule has 1 atom stereocenters. The number of aliphatic hydroxyl groups is 1. The molecule has 2 aromatic carbocycles. The van der Waals surface area contributed by atoms with Crippen LogP contribution in [-0.4, -0.2) is 5.11 Å². The van der Waals surface area contributed by atoms with Crippen molar-refractivity contribution in [3.8, 4) is 0 Å². The van der Waals surface area contributed by atoms with Crippen LogP contribution >= 0.6 is 23.2 Å². The first-order chi connectivity index (χ1) is 8.56. The molecule has 18 heavy (non-hydrogen) atoms. The van der Waals surface area contributed by atoms with Gasteiger partial charge in [0.2, 0.25) is 0 Å². The Morgan fingerprint density at radius 3 is 2.33 bits per heavy atom. The average molecular weight is 285 g/mol. The maximum Gasteiger partial charge on any atom is 0.123 e. The maximum absolute atomic E-state index is 12.8. The molecule has 0 aromatic heterocycles. The third-order valence-corrected chi connectivity index (χ3v) is 3.27. The molecule has 0 saturated heterocycles. The monoisotopic (exact) mass is 284 g/mol. The second kappa shape index (κ2) is 5.70. The fourth-order valence-corrected chi connectivity index (χ4v) is 2.18. The molecule has 0 spiro atoms. The summed E-state index contributed by atoms with van der Waals surface area (Å²) in [5, 5.41) is 11.1. The zero-order valence-electron chi connectivity index (χ0n) is 9.41. The van der Waals surface area contributed by atoms with E-state index in [1.165, 1.54) is 12.1 Å². The minimum absolute atomic E-state index is 0.324. The van der Waals surface area contributed by atoms with Gasteiger partial charge in [0.05, 0.1) is 6.10 Å². The molecule has 1 unspecified atom stereocenters. The van der Waals surface area contributed by atoms with E-state index in [-0.39, 0.29) is 5.82 Å². The Hall–Kier alpha value is -1.09. The summed E-state index contributed by atoms with van der Waals surface area (Å²) in [6.07, 6.45) is -0.356. The van der Waals surface area contributed by atoms with Crippen molar-refractivity contribution in [1.29, 1.82) is 0 Å². The van der Waals surface area contributed by atoms with E-state index in [9.17, 15) is 9.50 Å². The van der Waals surface area contributed by atoms with Crippen molar-refractivity contribution in [2.24, 2.45) is 0 Å². The van der Waals surface area contributed by atoms with Crippen molar-refractivity contribution in [1.82, 2.24) is 0 Å². The van der Waals surface area contributed by atoms with Crippen molar-refractivity contribution in [2.45, 2.75) is 12.5 Å². The molecule has 4 heteroatoms. The van der Waals surface area contributed by atoms with Gasteiger partial charge in [0.1, 0.15) is 5.82 Å². The fourth-order valence-electron chi connectivity index (χ4n) is 1.70. The molecule has 0 bridgehead atoms. The van der Waals surface area contributed by atoms with Crippen LogP contribution in [0.3, 0.4) is 0 Å². The highest BCUT2D eigenvalue weighted by atomic mass is 35.5. The molecule has 1 nitrogen and oxygen atoms in total. The fraction of sp³-hybridized carbons (Fsp3) is 0.143. The first kappa shape index (κ1) is 13.3. The van der Waals surface area contributed by atoms with Crippen LogP contribution in [0.1, 0.15) is 17.2 Å². The summed E-state index contributed by atoms with van der Waals surface area (Å²) in [6, 6.07) is 10.9. The SMILES string of the molecule is OC(Cc1ccc(Cl)cc1Cl)c1ccc(F)cc1. The highest BCUT2D eigenvalue weighted by Crippen LogP contribution is 2.26. The quantitative estimate of drug-likeness (QED) is 0.885. The lowest BCUT2D eigenvalue weighted by Gasteiger charge is -2.12. The molecule has 94 valence electrons. The van der Waals surface area contributed by atoms with Gasteiger partial charge in [0, 0.05) is 16.5 Å². The van der Waals surface area contributed by atoms with E-state index in [1.807, 2.05) is 0 Å². The van der Waals surface area contributed by atoms with Crippen LogP contribution in [0.25, 0.3) is 0 Å². The van der Waals surface area contributed by atoms with Crippen LogP contribution in [0.5, 0.6) is 0 Å². The lowest BCUT2D eigenvalue weighted by Crippen LogP contribution is -2.02. The van der Waals surface area contributed by atoms with Crippen LogP contribution in [0.2, 0.25) is 10.0 Å². The van der Waals surface area contributed by atoms with Crippen LogP contribution in [0.15, 0.2) is 42.5 Å². The average Bonchev–Trinajstić information content (AvgIpc) is 2.33. The van der Waals surface area contributed by atoms with E-state index >= 15 is 0 Å². The highest BCUT2D eigenvalue weighted by Gasteiger charge is 2.11. The first-order valence-corrected chi connectivity index (χ1v) is 6.19. The molecule has 0 fully saturated rings. The Kier molecular flexibility index (Phi) is 4.23. The molecular weight excluding hydrogens is 274 g/mol. The molecular formula is C14H11Cl2FO. The summed E-state index contributed by atoms with van der Waals surface area (Å²) in [7, 11) is 0. The van der Waals surface area contributed by atoms with Crippen LogP contribution < -0.4 is 0 Å².